The quantitative estimate of drug-likeness (QED) is 0.674. The summed E-state index contributed by atoms with van der Waals surface area (Å²) in [6.45, 7) is 3.10. The molecule has 112 valence electrons. The van der Waals surface area contributed by atoms with Crippen molar-refractivity contribution in [2.75, 3.05) is 11.4 Å². The summed E-state index contributed by atoms with van der Waals surface area (Å²) < 4.78 is 2.17. The van der Waals surface area contributed by atoms with Gasteiger partial charge in [0.1, 0.15) is 0 Å². The Morgan fingerprint density at radius 1 is 1.48 bits per heavy atom. The zero-order valence-electron chi connectivity index (χ0n) is 11.7. The van der Waals surface area contributed by atoms with Crippen molar-refractivity contribution in [3.05, 3.63) is 26.2 Å². The standard InChI is InChI=1S/C14H17BrIN5/c1-8-12(17)3-2-6-21(8)14-18-13(19-20-14)10-7-9(16)4-5-11(10)15/h4-5,7-8,12H,2-3,6,17H2,1H3,(H,18,19,20). The van der Waals surface area contributed by atoms with Crippen LogP contribution in [0.1, 0.15) is 19.8 Å². The molecular weight excluding hydrogens is 445 g/mol. The van der Waals surface area contributed by atoms with E-state index < -0.39 is 0 Å². The van der Waals surface area contributed by atoms with Gasteiger partial charge in [0.15, 0.2) is 5.82 Å². The third-order valence-electron chi connectivity index (χ3n) is 3.96. The number of hydrogen-bond acceptors (Lipinski definition) is 4. The molecule has 0 aliphatic carbocycles. The van der Waals surface area contributed by atoms with Crippen LogP contribution < -0.4 is 10.6 Å². The lowest BCUT2D eigenvalue weighted by atomic mass is 9.99. The topological polar surface area (TPSA) is 70.8 Å². The van der Waals surface area contributed by atoms with Gasteiger partial charge in [0, 0.05) is 32.2 Å². The summed E-state index contributed by atoms with van der Waals surface area (Å²) in [6, 6.07) is 6.61. The number of aromatic amines is 1. The Morgan fingerprint density at radius 2 is 2.29 bits per heavy atom. The van der Waals surface area contributed by atoms with Crippen molar-refractivity contribution in [1.29, 1.82) is 0 Å². The van der Waals surface area contributed by atoms with Crippen molar-refractivity contribution < 1.29 is 0 Å². The Bertz CT molecular complexity index is 644. The van der Waals surface area contributed by atoms with Gasteiger partial charge in [0.25, 0.3) is 0 Å². The number of nitrogens with two attached hydrogens (primary N) is 1. The fourth-order valence-electron chi connectivity index (χ4n) is 2.64. The van der Waals surface area contributed by atoms with Crippen molar-refractivity contribution >= 4 is 44.5 Å². The number of nitrogens with one attached hydrogen (secondary N) is 1. The molecule has 3 N–H and O–H groups in total. The lowest BCUT2D eigenvalue weighted by Crippen LogP contribution is -2.50. The van der Waals surface area contributed by atoms with Crippen LogP contribution in [0.3, 0.4) is 0 Å². The van der Waals surface area contributed by atoms with Crippen LogP contribution in [0.2, 0.25) is 0 Å². The van der Waals surface area contributed by atoms with Crippen LogP contribution in [0.15, 0.2) is 22.7 Å². The van der Waals surface area contributed by atoms with Crippen LogP contribution in [0, 0.1) is 3.57 Å². The Balaban J connectivity index is 1.91. The lowest BCUT2D eigenvalue weighted by molar-refractivity contribution is 0.416. The fourth-order valence-corrected chi connectivity index (χ4v) is 3.56. The first-order valence-corrected chi connectivity index (χ1v) is 8.83. The van der Waals surface area contributed by atoms with Gasteiger partial charge in [-0.15, -0.1) is 5.10 Å². The molecule has 5 nitrogen and oxygen atoms in total. The largest absolute Gasteiger partial charge is 0.335 e. The zero-order valence-corrected chi connectivity index (χ0v) is 15.4. The van der Waals surface area contributed by atoms with Crippen LogP contribution in [0.5, 0.6) is 0 Å². The highest BCUT2D eigenvalue weighted by Crippen LogP contribution is 2.29. The van der Waals surface area contributed by atoms with Gasteiger partial charge < -0.3 is 10.6 Å². The van der Waals surface area contributed by atoms with E-state index in [1.165, 1.54) is 0 Å². The van der Waals surface area contributed by atoms with Crippen molar-refractivity contribution in [3.63, 3.8) is 0 Å². The molecule has 1 aliphatic rings. The van der Waals surface area contributed by atoms with Gasteiger partial charge in [-0.05, 0) is 60.6 Å². The number of nitrogens with zero attached hydrogens (tertiary/aromatic N) is 3. The SMILES string of the molecule is CC1C(N)CCCN1c1n[nH]c(-c2cc(I)ccc2Br)n1. The molecule has 1 aromatic carbocycles. The molecule has 0 radical (unpaired) electrons. The molecule has 7 heteroatoms. The van der Waals surface area contributed by atoms with E-state index in [2.05, 4.69) is 77.7 Å². The maximum atomic E-state index is 6.15. The fraction of sp³-hybridized carbons (Fsp3) is 0.429. The molecule has 21 heavy (non-hydrogen) atoms. The molecule has 1 fully saturated rings. The van der Waals surface area contributed by atoms with Crippen molar-refractivity contribution in [1.82, 2.24) is 15.2 Å². The molecule has 1 aliphatic heterocycles. The van der Waals surface area contributed by atoms with E-state index in [9.17, 15) is 0 Å². The Hall–Kier alpha value is -0.670. The lowest BCUT2D eigenvalue weighted by Gasteiger charge is -2.36. The number of piperidine rings is 1. The minimum Gasteiger partial charge on any atom is -0.335 e. The van der Waals surface area contributed by atoms with Gasteiger partial charge in [-0.2, -0.15) is 4.98 Å². The Kier molecular flexibility index (Phi) is 4.51. The van der Waals surface area contributed by atoms with Crippen LogP contribution >= 0.6 is 38.5 Å². The van der Waals surface area contributed by atoms with Gasteiger partial charge in [0.05, 0.1) is 0 Å². The summed E-state index contributed by atoms with van der Waals surface area (Å²) in [5, 5.41) is 7.43. The molecule has 2 heterocycles. The number of halogens is 2. The number of rotatable bonds is 2. The maximum absolute atomic E-state index is 6.15. The number of H-pyrrole nitrogens is 1. The second kappa shape index (κ2) is 6.21. The van der Waals surface area contributed by atoms with Crippen LogP contribution in [0.25, 0.3) is 11.4 Å². The molecule has 1 saturated heterocycles. The van der Waals surface area contributed by atoms with Crippen molar-refractivity contribution in [2.24, 2.45) is 5.73 Å². The second-order valence-corrected chi connectivity index (χ2v) is 7.45. The van der Waals surface area contributed by atoms with E-state index in [0.717, 1.165) is 44.8 Å². The molecule has 2 aromatic rings. The van der Waals surface area contributed by atoms with Crippen LogP contribution in [-0.4, -0.2) is 33.8 Å². The highest BCUT2D eigenvalue weighted by atomic mass is 127. The van der Waals surface area contributed by atoms with E-state index in [1.807, 2.05) is 6.07 Å². The van der Waals surface area contributed by atoms with Gasteiger partial charge in [0.2, 0.25) is 5.95 Å². The van der Waals surface area contributed by atoms with Gasteiger partial charge >= 0.3 is 0 Å². The molecule has 0 bridgehead atoms. The average Bonchev–Trinajstić information content (AvgIpc) is 2.94. The number of hydrogen-bond donors (Lipinski definition) is 2. The number of aromatic nitrogens is 3. The summed E-state index contributed by atoms with van der Waals surface area (Å²) in [5.41, 5.74) is 7.17. The van der Waals surface area contributed by atoms with Crippen molar-refractivity contribution in [3.8, 4) is 11.4 Å². The normalized spacial score (nSPS) is 22.6. The predicted octanol–water partition coefficient (Wildman–Crippen LogP) is 3.15. The highest BCUT2D eigenvalue weighted by molar-refractivity contribution is 14.1. The average molecular weight is 462 g/mol. The summed E-state index contributed by atoms with van der Waals surface area (Å²) in [4.78, 5) is 6.85. The molecule has 3 rings (SSSR count). The smallest absolute Gasteiger partial charge is 0.245 e. The van der Waals surface area contributed by atoms with Gasteiger partial charge in [-0.3, -0.25) is 5.10 Å². The van der Waals surface area contributed by atoms with Crippen molar-refractivity contribution in [2.45, 2.75) is 31.8 Å². The van der Waals surface area contributed by atoms with E-state index in [0.29, 0.717) is 0 Å². The van der Waals surface area contributed by atoms with E-state index in [4.69, 9.17) is 5.73 Å². The zero-order chi connectivity index (χ0) is 15.0. The second-order valence-electron chi connectivity index (χ2n) is 5.35. The minimum atomic E-state index is 0.185. The number of benzene rings is 1. The van der Waals surface area contributed by atoms with E-state index in [1.54, 1.807) is 0 Å². The van der Waals surface area contributed by atoms with Crippen LogP contribution in [0.4, 0.5) is 5.95 Å². The first-order chi connectivity index (χ1) is 10.1. The summed E-state index contributed by atoms with van der Waals surface area (Å²) in [5.74, 6) is 1.51. The molecular formula is C14H17BrIN5. The van der Waals surface area contributed by atoms with Crippen LogP contribution in [-0.2, 0) is 0 Å². The molecule has 2 atom stereocenters. The monoisotopic (exact) mass is 461 g/mol. The van der Waals surface area contributed by atoms with E-state index >= 15 is 0 Å². The molecule has 0 amide bonds. The Morgan fingerprint density at radius 3 is 3.10 bits per heavy atom. The first kappa shape index (κ1) is 15.2. The third-order valence-corrected chi connectivity index (χ3v) is 5.32. The predicted molar refractivity (Wildman–Crippen MR) is 96.3 cm³/mol. The molecule has 2 unspecified atom stereocenters. The van der Waals surface area contributed by atoms with Gasteiger partial charge in [-0.25, -0.2) is 0 Å². The molecule has 0 saturated carbocycles. The summed E-state index contributed by atoms with van der Waals surface area (Å²) in [7, 11) is 0. The molecule has 0 spiro atoms. The number of anilines is 1. The molecule has 1 aromatic heterocycles. The minimum absolute atomic E-state index is 0.185. The maximum Gasteiger partial charge on any atom is 0.245 e. The van der Waals surface area contributed by atoms with E-state index in [-0.39, 0.29) is 12.1 Å². The first-order valence-electron chi connectivity index (χ1n) is 6.96. The summed E-state index contributed by atoms with van der Waals surface area (Å²) in [6.07, 6.45) is 2.15. The Labute approximate surface area is 146 Å². The third kappa shape index (κ3) is 3.09. The highest BCUT2D eigenvalue weighted by Gasteiger charge is 2.28. The van der Waals surface area contributed by atoms with Gasteiger partial charge in [-0.1, -0.05) is 15.9 Å². The summed E-state index contributed by atoms with van der Waals surface area (Å²) >= 11 is 5.86.